The third kappa shape index (κ3) is 2.81. The average molecular weight is 303 g/mol. The van der Waals surface area contributed by atoms with Gasteiger partial charge in [-0.3, -0.25) is 9.36 Å². The highest BCUT2D eigenvalue weighted by Gasteiger charge is 2.15. The first-order chi connectivity index (χ1) is 10.2. The Labute approximate surface area is 126 Å². The maximum atomic E-state index is 12.3. The number of hydrogen-bond acceptors (Lipinski definition) is 4. The van der Waals surface area contributed by atoms with Crippen LogP contribution in [0.1, 0.15) is 34.8 Å². The molecule has 1 aliphatic carbocycles. The molecular formula is C15H17N3O2S. The van der Waals surface area contributed by atoms with Crippen molar-refractivity contribution < 1.29 is 4.79 Å². The lowest BCUT2D eigenvalue weighted by atomic mass is 10.0. The fraction of sp³-hybridized carbons (Fsp3) is 0.400. The second-order valence-corrected chi connectivity index (χ2v) is 6.05. The highest BCUT2D eigenvalue weighted by atomic mass is 32.2. The number of aryl methyl sites for hydroxylation is 2. The molecule has 5 nitrogen and oxygen atoms in total. The number of carbonyl (C=O) groups excluding carboxylic acids is 1. The van der Waals surface area contributed by atoms with E-state index in [0.717, 1.165) is 18.4 Å². The summed E-state index contributed by atoms with van der Waals surface area (Å²) < 4.78 is 1.53. The van der Waals surface area contributed by atoms with Gasteiger partial charge in [-0.25, -0.2) is 9.89 Å². The summed E-state index contributed by atoms with van der Waals surface area (Å²) in [5.41, 5.74) is 3.19. The van der Waals surface area contributed by atoms with Gasteiger partial charge in [-0.2, -0.15) is 0 Å². The molecule has 1 heterocycles. The maximum absolute atomic E-state index is 12.3. The van der Waals surface area contributed by atoms with Gasteiger partial charge in [0.25, 0.3) is 0 Å². The molecule has 0 saturated carbocycles. The van der Waals surface area contributed by atoms with Crippen LogP contribution in [-0.4, -0.2) is 26.3 Å². The van der Waals surface area contributed by atoms with Gasteiger partial charge in [-0.1, -0.05) is 23.9 Å². The Balaban J connectivity index is 1.70. The minimum absolute atomic E-state index is 0.0767. The Bertz CT molecular complexity index is 733. The van der Waals surface area contributed by atoms with E-state index in [1.807, 2.05) is 19.1 Å². The van der Waals surface area contributed by atoms with E-state index in [2.05, 4.69) is 16.3 Å². The smallest absolute Gasteiger partial charge is 0.293 e. The minimum atomic E-state index is -0.232. The van der Waals surface area contributed by atoms with Crippen molar-refractivity contribution in [2.45, 2.75) is 37.9 Å². The van der Waals surface area contributed by atoms with Crippen LogP contribution in [0.15, 0.2) is 28.2 Å². The van der Waals surface area contributed by atoms with Crippen LogP contribution in [0.4, 0.5) is 0 Å². The maximum Gasteiger partial charge on any atom is 0.343 e. The fourth-order valence-corrected chi connectivity index (χ4v) is 3.56. The van der Waals surface area contributed by atoms with E-state index in [1.165, 1.54) is 33.9 Å². The van der Waals surface area contributed by atoms with Crippen LogP contribution in [0.3, 0.4) is 0 Å². The molecule has 2 aromatic rings. The molecule has 3 rings (SSSR count). The highest BCUT2D eigenvalue weighted by Crippen LogP contribution is 2.24. The Morgan fingerprint density at radius 3 is 3.00 bits per heavy atom. The van der Waals surface area contributed by atoms with Crippen LogP contribution in [0.25, 0.3) is 0 Å². The number of carbonyl (C=O) groups is 1. The van der Waals surface area contributed by atoms with Crippen molar-refractivity contribution in [2.24, 2.45) is 0 Å². The number of ketones is 1. The number of H-pyrrole nitrogens is 1. The van der Waals surface area contributed by atoms with E-state index in [-0.39, 0.29) is 11.5 Å². The molecule has 21 heavy (non-hydrogen) atoms. The van der Waals surface area contributed by atoms with Crippen LogP contribution in [0.5, 0.6) is 0 Å². The Hall–Kier alpha value is -1.82. The second kappa shape index (κ2) is 5.89. The van der Waals surface area contributed by atoms with E-state index in [4.69, 9.17) is 0 Å². The summed E-state index contributed by atoms with van der Waals surface area (Å²) >= 11 is 1.30. The summed E-state index contributed by atoms with van der Waals surface area (Å²) in [6, 6.07) is 5.99. The zero-order chi connectivity index (χ0) is 14.8. The number of nitrogens with one attached hydrogen (secondary N) is 1. The average Bonchev–Trinajstić information content (AvgIpc) is 3.09. The number of nitrogens with zero attached hydrogens (tertiary/aromatic N) is 2. The lowest BCUT2D eigenvalue weighted by molar-refractivity contribution is 0.102. The van der Waals surface area contributed by atoms with Crippen LogP contribution in [-0.2, 0) is 19.4 Å². The number of aromatic nitrogens is 3. The van der Waals surface area contributed by atoms with E-state index in [9.17, 15) is 9.59 Å². The van der Waals surface area contributed by atoms with Crippen molar-refractivity contribution in [3.8, 4) is 0 Å². The first-order valence-electron chi connectivity index (χ1n) is 7.12. The fourth-order valence-electron chi connectivity index (χ4n) is 2.65. The molecule has 1 aromatic carbocycles. The van der Waals surface area contributed by atoms with Crippen molar-refractivity contribution in [1.82, 2.24) is 14.8 Å². The van der Waals surface area contributed by atoms with Gasteiger partial charge in [0.1, 0.15) is 0 Å². The first kappa shape index (κ1) is 14.1. The van der Waals surface area contributed by atoms with Gasteiger partial charge in [0.15, 0.2) is 10.9 Å². The van der Waals surface area contributed by atoms with E-state index < -0.39 is 0 Å². The molecule has 0 saturated heterocycles. The van der Waals surface area contributed by atoms with Gasteiger partial charge in [-0.05, 0) is 43.4 Å². The molecule has 0 aliphatic heterocycles. The Morgan fingerprint density at radius 2 is 2.19 bits per heavy atom. The summed E-state index contributed by atoms with van der Waals surface area (Å²) in [5, 5.41) is 6.92. The van der Waals surface area contributed by atoms with Gasteiger partial charge in [0, 0.05) is 12.1 Å². The number of aromatic amines is 1. The number of hydrogen-bond donors (Lipinski definition) is 1. The second-order valence-electron chi connectivity index (χ2n) is 5.10. The zero-order valence-corrected chi connectivity index (χ0v) is 12.7. The predicted octanol–water partition coefficient (Wildman–Crippen LogP) is 2.05. The molecule has 1 N–H and O–H groups in total. The summed E-state index contributed by atoms with van der Waals surface area (Å²) in [4.78, 5) is 23.7. The molecule has 6 heteroatoms. The standard InChI is InChI=1S/C15H17N3O2S/c1-2-18-14(20)16-17-15(18)21-9-13(19)12-7-6-10-4-3-5-11(10)8-12/h6-8H,2-5,9H2,1H3,(H,16,20). The highest BCUT2D eigenvalue weighted by molar-refractivity contribution is 7.99. The lowest BCUT2D eigenvalue weighted by Crippen LogP contribution is -2.16. The molecule has 0 amide bonds. The van der Waals surface area contributed by atoms with E-state index >= 15 is 0 Å². The van der Waals surface area contributed by atoms with E-state index in [1.54, 1.807) is 0 Å². The number of Topliss-reactive ketones (excluding diaryl/α,β-unsaturated/α-hetero) is 1. The predicted molar refractivity (Wildman–Crippen MR) is 82.0 cm³/mol. The molecule has 1 aromatic heterocycles. The SMILES string of the molecule is CCn1c(SCC(=O)c2ccc3c(c2)CCC3)n[nH]c1=O. The number of rotatable bonds is 5. The lowest BCUT2D eigenvalue weighted by Gasteiger charge is -2.05. The van der Waals surface area contributed by atoms with Gasteiger partial charge in [0.05, 0.1) is 5.75 Å². The van der Waals surface area contributed by atoms with Gasteiger partial charge in [0.2, 0.25) is 0 Å². The third-order valence-electron chi connectivity index (χ3n) is 3.79. The largest absolute Gasteiger partial charge is 0.343 e. The molecule has 0 unspecified atom stereocenters. The molecule has 1 aliphatic rings. The molecule has 0 spiro atoms. The minimum Gasteiger partial charge on any atom is -0.293 e. The van der Waals surface area contributed by atoms with Crippen LogP contribution < -0.4 is 5.69 Å². The van der Waals surface area contributed by atoms with Crippen LogP contribution >= 0.6 is 11.8 Å². The van der Waals surface area contributed by atoms with Crippen molar-refractivity contribution >= 4 is 17.5 Å². The van der Waals surface area contributed by atoms with E-state index in [0.29, 0.717) is 17.5 Å². The normalized spacial score (nSPS) is 13.4. The van der Waals surface area contributed by atoms with Gasteiger partial charge in [-0.15, -0.1) is 5.10 Å². The molecule has 110 valence electrons. The molecule has 0 bridgehead atoms. The number of fused-ring (bicyclic) bond motifs is 1. The molecule has 0 fully saturated rings. The van der Waals surface area contributed by atoms with Crippen molar-refractivity contribution in [1.29, 1.82) is 0 Å². The van der Waals surface area contributed by atoms with Crippen molar-refractivity contribution in [3.63, 3.8) is 0 Å². The zero-order valence-electron chi connectivity index (χ0n) is 11.9. The number of thioether (sulfide) groups is 1. The van der Waals surface area contributed by atoms with Gasteiger partial charge < -0.3 is 0 Å². The third-order valence-corrected chi connectivity index (χ3v) is 4.77. The summed E-state index contributed by atoms with van der Waals surface area (Å²) in [7, 11) is 0. The van der Waals surface area contributed by atoms with Crippen molar-refractivity contribution in [3.05, 3.63) is 45.4 Å². The monoisotopic (exact) mass is 303 g/mol. The molecule has 0 atom stereocenters. The Kier molecular flexibility index (Phi) is 3.96. The van der Waals surface area contributed by atoms with Crippen LogP contribution in [0.2, 0.25) is 0 Å². The quantitative estimate of drug-likeness (QED) is 0.678. The van der Waals surface area contributed by atoms with Crippen LogP contribution in [0, 0.1) is 0 Å². The molecule has 0 radical (unpaired) electrons. The number of benzene rings is 1. The summed E-state index contributed by atoms with van der Waals surface area (Å²) in [5.74, 6) is 0.371. The first-order valence-corrected chi connectivity index (χ1v) is 8.10. The topological polar surface area (TPSA) is 67.8 Å². The summed E-state index contributed by atoms with van der Waals surface area (Å²) in [6.07, 6.45) is 3.37. The summed E-state index contributed by atoms with van der Waals surface area (Å²) in [6.45, 7) is 2.42. The Morgan fingerprint density at radius 1 is 1.38 bits per heavy atom. The molecular weight excluding hydrogens is 286 g/mol. The van der Waals surface area contributed by atoms with Gasteiger partial charge >= 0.3 is 5.69 Å². The van der Waals surface area contributed by atoms with Crippen molar-refractivity contribution in [2.75, 3.05) is 5.75 Å².